The van der Waals surface area contributed by atoms with E-state index in [2.05, 4.69) is 46.4 Å². The lowest BCUT2D eigenvalue weighted by molar-refractivity contribution is 0.144. The van der Waals surface area contributed by atoms with Crippen molar-refractivity contribution in [1.82, 2.24) is 0 Å². The molecule has 0 aliphatic heterocycles. The van der Waals surface area contributed by atoms with Crippen LogP contribution in [0.2, 0.25) is 0 Å². The van der Waals surface area contributed by atoms with E-state index in [0.29, 0.717) is 0 Å². The Hall–Kier alpha value is -0.540. The fraction of sp³-hybridized carbons (Fsp3) is 0.571. The molecule has 0 radical (unpaired) electrons. The summed E-state index contributed by atoms with van der Waals surface area (Å²) in [5, 5.41) is 13.5. The molecule has 1 aliphatic rings. The Morgan fingerprint density at radius 2 is 2.00 bits per heavy atom. The predicted octanol–water partition coefficient (Wildman–Crippen LogP) is 3.86. The highest BCUT2D eigenvalue weighted by molar-refractivity contribution is 9.10. The zero-order chi connectivity index (χ0) is 12.3. The number of anilines is 1. The average molecular weight is 298 g/mol. The number of benzene rings is 1. The Morgan fingerprint density at radius 3 is 2.76 bits per heavy atom. The molecule has 1 aliphatic carbocycles. The number of aliphatic hydroxyl groups excluding tert-OH is 1. The lowest BCUT2D eigenvalue weighted by atomic mass is 10.1. The maximum atomic E-state index is 10.1. The van der Waals surface area contributed by atoms with Crippen molar-refractivity contribution in [3.05, 3.63) is 28.2 Å². The number of nitrogens with one attached hydrogen (secondary N) is 1. The largest absolute Gasteiger partial charge is 0.391 e. The summed E-state index contributed by atoms with van der Waals surface area (Å²) >= 11 is 3.50. The van der Waals surface area contributed by atoms with Crippen molar-refractivity contribution < 1.29 is 5.11 Å². The highest BCUT2D eigenvalue weighted by Gasteiger charge is 2.21. The number of hydrogen-bond donors (Lipinski definition) is 2. The van der Waals surface area contributed by atoms with Crippen LogP contribution >= 0.6 is 15.9 Å². The molecule has 1 saturated carbocycles. The molecule has 2 N–H and O–H groups in total. The summed E-state index contributed by atoms with van der Waals surface area (Å²) in [7, 11) is 0. The molecule has 2 unspecified atom stereocenters. The van der Waals surface area contributed by atoms with Gasteiger partial charge in [0.25, 0.3) is 0 Å². The highest BCUT2D eigenvalue weighted by atomic mass is 79.9. The van der Waals surface area contributed by atoms with Crippen molar-refractivity contribution >= 4 is 21.6 Å². The molecule has 2 atom stereocenters. The highest BCUT2D eigenvalue weighted by Crippen LogP contribution is 2.24. The third-order valence-electron chi connectivity index (χ3n) is 3.49. The summed E-state index contributed by atoms with van der Waals surface area (Å²) in [5.74, 6) is 0. The molecule has 0 bridgehead atoms. The first-order chi connectivity index (χ1) is 8.16. The summed E-state index contributed by atoms with van der Waals surface area (Å²) in [6.07, 6.45) is 5.39. The molecule has 94 valence electrons. The molecule has 2 rings (SSSR count). The fourth-order valence-corrected chi connectivity index (χ4v) is 2.65. The molecular weight excluding hydrogens is 278 g/mol. The van der Waals surface area contributed by atoms with Crippen LogP contribution in [0.5, 0.6) is 0 Å². The quantitative estimate of drug-likeness (QED) is 0.813. The lowest BCUT2D eigenvalue weighted by Gasteiger charge is -2.23. The van der Waals surface area contributed by atoms with Gasteiger partial charge in [-0.15, -0.1) is 0 Å². The predicted molar refractivity (Wildman–Crippen MR) is 75.4 cm³/mol. The second-order valence-corrected chi connectivity index (χ2v) is 5.77. The van der Waals surface area contributed by atoms with Crippen LogP contribution in [0.1, 0.15) is 37.7 Å². The molecule has 17 heavy (non-hydrogen) atoms. The minimum atomic E-state index is -0.207. The molecule has 0 heterocycles. The second kappa shape index (κ2) is 5.87. The van der Waals surface area contributed by atoms with Gasteiger partial charge in [0.2, 0.25) is 0 Å². The van der Waals surface area contributed by atoms with E-state index in [0.717, 1.165) is 29.4 Å². The van der Waals surface area contributed by atoms with E-state index in [1.807, 2.05) is 0 Å². The topological polar surface area (TPSA) is 32.3 Å². The van der Waals surface area contributed by atoms with Crippen molar-refractivity contribution in [3.8, 4) is 0 Å². The number of aryl methyl sites for hydroxylation is 1. The Morgan fingerprint density at radius 1 is 1.24 bits per heavy atom. The molecular formula is C14H20BrNO. The van der Waals surface area contributed by atoms with Crippen LogP contribution in [0.25, 0.3) is 0 Å². The van der Waals surface area contributed by atoms with Gasteiger partial charge >= 0.3 is 0 Å². The SMILES string of the molecule is Cc1cc(NC2CCCCCC2O)ccc1Br. The number of aliphatic hydroxyl groups is 1. The minimum absolute atomic E-state index is 0.207. The molecule has 0 amide bonds. The normalized spacial score (nSPS) is 25.4. The van der Waals surface area contributed by atoms with Crippen LogP contribution in [0.15, 0.2) is 22.7 Å². The molecule has 0 aromatic heterocycles. The van der Waals surface area contributed by atoms with E-state index in [1.165, 1.54) is 18.4 Å². The molecule has 3 heteroatoms. The van der Waals surface area contributed by atoms with Gasteiger partial charge in [0, 0.05) is 10.2 Å². The van der Waals surface area contributed by atoms with Gasteiger partial charge in [0.15, 0.2) is 0 Å². The van der Waals surface area contributed by atoms with Gasteiger partial charge in [-0.1, -0.05) is 35.2 Å². The lowest BCUT2D eigenvalue weighted by Crippen LogP contribution is -2.32. The van der Waals surface area contributed by atoms with Crippen molar-refractivity contribution in [2.24, 2.45) is 0 Å². The number of hydrogen-bond acceptors (Lipinski definition) is 2. The van der Waals surface area contributed by atoms with Crippen LogP contribution in [0.3, 0.4) is 0 Å². The van der Waals surface area contributed by atoms with E-state index in [4.69, 9.17) is 0 Å². The first-order valence-corrected chi connectivity index (χ1v) is 7.17. The van der Waals surface area contributed by atoms with E-state index in [1.54, 1.807) is 0 Å². The number of halogens is 1. The second-order valence-electron chi connectivity index (χ2n) is 4.92. The van der Waals surface area contributed by atoms with Crippen molar-refractivity contribution in [3.63, 3.8) is 0 Å². The zero-order valence-electron chi connectivity index (χ0n) is 10.2. The Balaban J connectivity index is 2.05. The monoisotopic (exact) mass is 297 g/mol. The summed E-state index contributed by atoms with van der Waals surface area (Å²) in [6.45, 7) is 2.08. The molecule has 0 saturated heterocycles. The molecule has 1 aromatic carbocycles. The van der Waals surface area contributed by atoms with Crippen LogP contribution < -0.4 is 5.32 Å². The van der Waals surface area contributed by atoms with Gasteiger partial charge in [0.1, 0.15) is 0 Å². The van der Waals surface area contributed by atoms with Crippen LogP contribution in [-0.2, 0) is 0 Å². The standard InChI is InChI=1S/C14H20BrNO/c1-10-9-11(7-8-12(10)15)16-13-5-3-2-4-6-14(13)17/h7-9,13-14,16-17H,2-6H2,1H3. The van der Waals surface area contributed by atoms with Gasteiger partial charge in [-0.05, 0) is 43.5 Å². The molecule has 1 fully saturated rings. The van der Waals surface area contributed by atoms with Crippen LogP contribution in [-0.4, -0.2) is 17.3 Å². The number of rotatable bonds is 2. The molecule has 1 aromatic rings. The first kappa shape index (κ1) is 12.9. The zero-order valence-corrected chi connectivity index (χ0v) is 11.8. The van der Waals surface area contributed by atoms with Crippen molar-refractivity contribution in [2.75, 3.05) is 5.32 Å². The first-order valence-electron chi connectivity index (χ1n) is 6.37. The van der Waals surface area contributed by atoms with Gasteiger partial charge in [0.05, 0.1) is 12.1 Å². The minimum Gasteiger partial charge on any atom is -0.391 e. The van der Waals surface area contributed by atoms with Gasteiger partial charge in [-0.25, -0.2) is 0 Å². The average Bonchev–Trinajstić information content (AvgIpc) is 2.50. The van der Waals surface area contributed by atoms with Gasteiger partial charge < -0.3 is 10.4 Å². The summed E-state index contributed by atoms with van der Waals surface area (Å²) in [6, 6.07) is 6.45. The van der Waals surface area contributed by atoms with Crippen molar-refractivity contribution in [2.45, 2.75) is 51.2 Å². The van der Waals surface area contributed by atoms with E-state index >= 15 is 0 Å². The smallest absolute Gasteiger partial charge is 0.0741 e. The maximum absolute atomic E-state index is 10.1. The van der Waals surface area contributed by atoms with E-state index < -0.39 is 0 Å². The Kier molecular flexibility index (Phi) is 4.46. The summed E-state index contributed by atoms with van der Waals surface area (Å²) in [5.41, 5.74) is 2.33. The van der Waals surface area contributed by atoms with Crippen LogP contribution in [0, 0.1) is 6.92 Å². The van der Waals surface area contributed by atoms with E-state index in [9.17, 15) is 5.11 Å². The van der Waals surface area contributed by atoms with Crippen LogP contribution in [0.4, 0.5) is 5.69 Å². The van der Waals surface area contributed by atoms with E-state index in [-0.39, 0.29) is 12.1 Å². The molecule has 2 nitrogen and oxygen atoms in total. The Bertz CT molecular complexity index is 380. The third-order valence-corrected chi connectivity index (χ3v) is 4.38. The third kappa shape index (κ3) is 3.46. The fourth-order valence-electron chi connectivity index (χ4n) is 2.40. The maximum Gasteiger partial charge on any atom is 0.0741 e. The molecule has 0 spiro atoms. The van der Waals surface area contributed by atoms with Crippen molar-refractivity contribution in [1.29, 1.82) is 0 Å². The van der Waals surface area contributed by atoms with Gasteiger partial charge in [-0.3, -0.25) is 0 Å². The van der Waals surface area contributed by atoms with Gasteiger partial charge in [-0.2, -0.15) is 0 Å². The summed E-state index contributed by atoms with van der Waals surface area (Å²) < 4.78 is 1.13. The Labute approximate surface area is 112 Å². The summed E-state index contributed by atoms with van der Waals surface area (Å²) in [4.78, 5) is 0.